The average Bonchev–Trinajstić information content (AvgIpc) is 3.23. The van der Waals surface area contributed by atoms with Gasteiger partial charge in [0.2, 0.25) is 0 Å². The highest BCUT2D eigenvalue weighted by Crippen LogP contribution is 2.23. The number of allylic oxidation sites excluding steroid dienone is 8. The first-order valence-corrected chi connectivity index (χ1v) is 8.14. The summed E-state index contributed by atoms with van der Waals surface area (Å²) in [6.07, 6.45) is 15.9. The summed E-state index contributed by atoms with van der Waals surface area (Å²) < 4.78 is 0. The quantitative estimate of drug-likeness (QED) is 0.675. The Kier molecular flexibility index (Phi) is 6.56. The number of hydrogen-bond donors (Lipinski definition) is 2. The van der Waals surface area contributed by atoms with E-state index in [1.165, 1.54) is 0 Å². The second-order valence-corrected chi connectivity index (χ2v) is 6.02. The SMILES string of the molecule is CC(CNC(=O)/C(=C/C1=CC=CC1)C1=CC=CC1)N(C)CCO. The minimum Gasteiger partial charge on any atom is -0.395 e. The van der Waals surface area contributed by atoms with Crippen LogP contribution in [0.5, 0.6) is 0 Å². The molecule has 2 aliphatic rings. The van der Waals surface area contributed by atoms with Crippen LogP contribution in [0.2, 0.25) is 0 Å². The molecule has 0 radical (unpaired) electrons. The minimum atomic E-state index is -0.0306. The van der Waals surface area contributed by atoms with Crippen molar-refractivity contribution >= 4 is 5.91 Å². The number of likely N-dealkylation sites (N-methyl/N-ethyl adjacent to an activating group) is 1. The van der Waals surface area contributed by atoms with E-state index in [1.54, 1.807) is 0 Å². The van der Waals surface area contributed by atoms with E-state index in [1.807, 2.05) is 49.3 Å². The van der Waals surface area contributed by atoms with Gasteiger partial charge >= 0.3 is 0 Å². The Labute approximate surface area is 138 Å². The van der Waals surface area contributed by atoms with Crippen LogP contribution in [0.15, 0.2) is 59.3 Å². The number of carbonyl (C=O) groups is 1. The van der Waals surface area contributed by atoms with Crippen molar-refractivity contribution in [2.75, 3.05) is 26.7 Å². The average molecular weight is 314 g/mol. The largest absolute Gasteiger partial charge is 0.395 e. The summed E-state index contributed by atoms with van der Waals surface area (Å²) in [6.45, 7) is 3.33. The molecule has 0 aromatic heterocycles. The second kappa shape index (κ2) is 8.65. The zero-order valence-corrected chi connectivity index (χ0v) is 14.0. The predicted molar refractivity (Wildman–Crippen MR) is 94.0 cm³/mol. The second-order valence-electron chi connectivity index (χ2n) is 6.02. The fraction of sp³-hybridized carbons (Fsp3) is 0.421. The monoisotopic (exact) mass is 314 g/mol. The van der Waals surface area contributed by atoms with Crippen molar-refractivity contribution < 1.29 is 9.90 Å². The molecule has 0 aromatic rings. The summed E-state index contributed by atoms with van der Waals surface area (Å²) in [6, 6.07) is 0.176. The number of hydrogen-bond acceptors (Lipinski definition) is 3. The number of aliphatic hydroxyl groups excluding tert-OH is 1. The molecule has 4 heteroatoms. The number of rotatable bonds is 8. The zero-order valence-electron chi connectivity index (χ0n) is 14.0. The molecular weight excluding hydrogens is 288 g/mol. The molecule has 1 unspecified atom stereocenters. The van der Waals surface area contributed by atoms with E-state index in [0.717, 1.165) is 29.6 Å². The Balaban J connectivity index is 2.00. The van der Waals surface area contributed by atoms with Gasteiger partial charge in [-0.2, -0.15) is 0 Å². The van der Waals surface area contributed by atoms with Gasteiger partial charge in [0.15, 0.2) is 0 Å². The molecule has 0 aliphatic heterocycles. The molecule has 0 fully saturated rings. The van der Waals surface area contributed by atoms with Crippen molar-refractivity contribution in [2.45, 2.75) is 25.8 Å². The summed E-state index contributed by atoms with van der Waals surface area (Å²) in [5.41, 5.74) is 2.97. The van der Waals surface area contributed by atoms with Crippen molar-refractivity contribution in [3.63, 3.8) is 0 Å². The van der Waals surface area contributed by atoms with Crippen LogP contribution in [0.3, 0.4) is 0 Å². The van der Waals surface area contributed by atoms with E-state index in [9.17, 15) is 4.79 Å². The Morgan fingerprint density at radius 3 is 2.70 bits per heavy atom. The van der Waals surface area contributed by atoms with Crippen LogP contribution in [0, 0.1) is 0 Å². The van der Waals surface area contributed by atoms with Gasteiger partial charge in [0.05, 0.1) is 6.61 Å². The first-order valence-electron chi connectivity index (χ1n) is 8.14. The smallest absolute Gasteiger partial charge is 0.251 e. The van der Waals surface area contributed by atoms with Gasteiger partial charge in [-0.15, -0.1) is 0 Å². The van der Waals surface area contributed by atoms with E-state index >= 15 is 0 Å². The van der Waals surface area contributed by atoms with E-state index in [4.69, 9.17) is 5.11 Å². The molecule has 1 amide bonds. The van der Waals surface area contributed by atoms with Crippen LogP contribution in [0.25, 0.3) is 0 Å². The lowest BCUT2D eigenvalue weighted by atomic mass is 10.0. The molecular formula is C19H26N2O2. The maximum absolute atomic E-state index is 12.6. The van der Waals surface area contributed by atoms with Gasteiger partial charge in [-0.25, -0.2) is 0 Å². The third-order valence-electron chi connectivity index (χ3n) is 4.25. The van der Waals surface area contributed by atoms with Crippen molar-refractivity contribution in [1.82, 2.24) is 10.2 Å². The normalized spacial score (nSPS) is 18.3. The molecule has 0 saturated carbocycles. The van der Waals surface area contributed by atoms with Crippen molar-refractivity contribution in [3.05, 3.63) is 59.3 Å². The fourth-order valence-electron chi connectivity index (χ4n) is 2.58. The first-order chi connectivity index (χ1) is 11.1. The van der Waals surface area contributed by atoms with Crippen LogP contribution < -0.4 is 5.32 Å². The van der Waals surface area contributed by atoms with Gasteiger partial charge in [0.25, 0.3) is 5.91 Å². The van der Waals surface area contributed by atoms with Gasteiger partial charge in [0, 0.05) is 24.7 Å². The molecule has 0 spiro atoms. The van der Waals surface area contributed by atoms with E-state index in [-0.39, 0.29) is 18.6 Å². The van der Waals surface area contributed by atoms with Crippen LogP contribution in [0.1, 0.15) is 19.8 Å². The van der Waals surface area contributed by atoms with Gasteiger partial charge in [-0.05, 0) is 44.0 Å². The molecule has 2 rings (SSSR count). The Bertz CT molecular complexity index is 582. The lowest BCUT2D eigenvalue weighted by molar-refractivity contribution is -0.117. The van der Waals surface area contributed by atoms with E-state index < -0.39 is 0 Å². The highest BCUT2D eigenvalue weighted by atomic mass is 16.3. The van der Waals surface area contributed by atoms with Gasteiger partial charge < -0.3 is 10.4 Å². The topological polar surface area (TPSA) is 52.6 Å². The molecule has 0 aromatic carbocycles. The van der Waals surface area contributed by atoms with Crippen LogP contribution in [0.4, 0.5) is 0 Å². The summed E-state index contributed by atoms with van der Waals surface area (Å²) in [4.78, 5) is 14.7. The minimum absolute atomic E-state index is 0.0306. The molecule has 4 nitrogen and oxygen atoms in total. The van der Waals surface area contributed by atoms with Crippen molar-refractivity contribution in [3.8, 4) is 0 Å². The fourth-order valence-corrected chi connectivity index (χ4v) is 2.58. The molecule has 124 valence electrons. The first kappa shape index (κ1) is 17.4. The lowest BCUT2D eigenvalue weighted by Gasteiger charge is -2.24. The van der Waals surface area contributed by atoms with Crippen LogP contribution >= 0.6 is 0 Å². The maximum atomic E-state index is 12.6. The Morgan fingerprint density at radius 1 is 1.35 bits per heavy atom. The number of nitrogens with one attached hydrogen (secondary N) is 1. The highest BCUT2D eigenvalue weighted by Gasteiger charge is 2.17. The molecule has 0 saturated heterocycles. The van der Waals surface area contributed by atoms with Gasteiger partial charge in [-0.3, -0.25) is 9.69 Å². The molecule has 23 heavy (non-hydrogen) atoms. The molecule has 1 atom stereocenters. The molecule has 2 N–H and O–H groups in total. The van der Waals surface area contributed by atoms with Crippen LogP contribution in [-0.4, -0.2) is 48.7 Å². The Hall–Kier alpha value is -1.91. The van der Waals surface area contributed by atoms with Gasteiger partial charge in [0.1, 0.15) is 0 Å². The molecule has 0 heterocycles. The third-order valence-corrected chi connectivity index (χ3v) is 4.25. The molecule has 2 aliphatic carbocycles. The zero-order chi connectivity index (χ0) is 16.7. The summed E-state index contributed by atoms with van der Waals surface area (Å²) in [5.74, 6) is -0.0306. The Morgan fingerprint density at radius 2 is 2.09 bits per heavy atom. The summed E-state index contributed by atoms with van der Waals surface area (Å²) >= 11 is 0. The van der Waals surface area contributed by atoms with Crippen LogP contribution in [-0.2, 0) is 4.79 Å². The third kappa shape index (κ3) is 5.05. The van der Waals surface area contributed by atoms with Crippen molar-refractivity contribution in [2.24, 2.45) is 0 Å². The number of carbonyl (C=O) groups excluding carboxylic acids is 1. The molecule has 0 bridgehead atoms. The number of amides is 1. The number of aliphatic hydroxyl groups is 1. The predicted octanol–water partition coefficient (Wildman–Crippen LogP) is 2.11. The number of nitrogens with zero attached hydrogens (tertiary/aromatic N) is 1. The van der Waals surface area contributed by atoms with Gasteiger partial charge in [-0.1, -0.05) is 36.5 Å². The summed E-state index contributed by atoms with van der Waals surface area (Å²) in [5, 5.41) is 12.0. The summed E-state index contributed by atoms with van der Waals surface area (Å²) in [7, 11) is 1.95. The standard InChI is InChI=1S/C19H26N2O2/c1-15(21(2)11-12-22)14-20-19(23)18(17-9-5-6-10-17)13-16-7-3-4-8-16/h3-7,9,13,15,22H,8,10-12,14H2,1-2H3,(H,20,23)/b18-13+. The maximum Gasteiger partial charge on any atom is 0.251 e. The van der Waals surface area contributed by atoms with E-state index in [2.05, 4.69) is 17.5 Å². The highest BCUT2D eigenvalue weighted by molar-refractivity contribution is 5.98. The van der Waals surface area contributed by atoms with E-state index in [0.29, 0.717) is 13.1 Å². The lowest BCUT2D eigenvalue weighted by Crippen LogP contribution is -2.41. The van der Waals surface area contributed by atoms with Crippen molar-refractivity contribution in [1.29, 1.82) is 0 Å².